The molecule has 2 nitrogen and oxygen atoms in total. The smallest absolute Gasteiger partial charge is 0.122 e. The van der Waals surface area contributed by atoms with Gasteiger partial charge in [-0.25, -0.2) is 0 Å². The molecule has 2 aliphatic carbocycles. The first-order chi connectivity index (χ1) is 8.29. The second kappa shape index (κ2) is 4.34. The van der Waals surface area contributed by atoms with E-state index >= 15 is 0 Å². The molecule has 0 aliphatic heterocycles. The van der Waals surface area contributed by atoms with E-state index in [-0.39, 0.29) is 0 Å². The average molecular weight is 231 g/mol. The lowest BCUT2D eigenvalue weighted by Crippen LogP contribution is -2.38. The van der Waals surface area contributed by atoms with Gasteiger partial charge < -0.3 is 10.1 Å². The molecular weight excluding hydrogens is 210 g/mol. The predicted molar refractivity (Wildman–Crippen MR) is 69.7 cm³/mol. The summed E-state index contributed by atoms with van der Waals surface area (Å²) in [4.78, 5) is 0. The quantitative estimate of drug-likeness (QED) is 0.863. The summed E-state index contributed by atoms with van der Waals surface area (Å²) >= 11 is 0. The third-order valence-corrected chi connectivity index (χ3v) is 4.22. The number of ether oxygens (including phenoxy) is 1. The summed E-state index contributed by atoms with van der Waals surface area (Å²) in [6, 6.07) is 7.92. The largest absolute Gasteiger partial charge is 0.496 e. The molecule has 2 heteroatoms. The molecule has 0 spiro atoms. The molecule has 2 atom stereocenters. The lowest BCUT2D eigenvalue weighted by Gasteiger charge is -2.33. The van der Waals surface area contributed by atoms with Gasteiger partial charge in [0.05, 0.1) is 7.11 Å². The molecule has 1 aromatic carbocycles. The van der Waals surface area contributed by atoms with Crippen molar-refractivity contribution < 1.29 is 4.74 Å². The van der Waals surface area contributed by atoms with Gasteiger partial charge in [-0.1, -0.05) is 19.1 Å². The highest BCUT2D eigenvalue weighted by Gasteiger charge is 2.32. The Balaban J connectivity index is 1.86. The van der Waals surface area contributed by atoms with Crippen molar-refractivity contribution in [3.05, 3.63) is 29.3 Å². The van der Waals surface area contributed by atoms with Crippen molar-refractivity contribution in [3.8, 4) is 5.75 Å². The Kier molecular flexibility index (Phi) is 2.83. The second-order valence-electron chi connectivity index (χ2n) is 5.40. The van der Waals surface area contributed by atoms with Gasteiger partial charge >= 0.3 is 0 Å². The molecule has 0 unspecified atom stereocenters. The predicted octanol–water partition coefficient (Wildman–Crippen LogP) is 2.87. The number of benzene rings is 1. The van der Waals surface area contributed by atoms with Gasteiger partial charge in [-0.15, -0.1) is 0 Å². The van der Waals surface area contributed by atoms with Crippen molar-refractivity contribution in [2.75, 3.05) is 7.11 Å². The molecule has 1 fully saturated rings. The molecule has 1 aromatic rings. The van der Waals surface area contributed by atoms with Crippen molar-refractivity contribution in [1.82, 2.24) is 5.32 Å². The van der Waals surface area contributed by atoms with Crippen LogP contribution in [0.15, 0.2) is 18.2 Å². The van der Waals surface area contributed by atoms with E-state index < -0.39 is 0 Å². The minimum absolute atomic E-state index is 0.606. The zero-order valence-electron chi connectivity index (χ0n) is 10.7. The molecule has 0 amide bonds. The van der Waals surface area contributed by atoms with Crippen LogP contribution in [0.1, 0.15) is 43.2 Å². The van der Waals surface area contributed by atoms with Crippen LogP contribution >= 0.6 is 0 Å². The van der Waals surface area contributed by atoms with Gasteiger partial charge in [-0.3, -0.25) is 0 Å². The van der Waals surface area contributed by atoms with Crippen LogP contribution < -0.4 is 10.1 Å². The first-order valence-electron chi connectivity index (χ1n) is 6.71. The molecule has 1 saturated carbocycles. The van der Waals surface area contributed by atoms with Crippen LogP contribution in [0, 0.1) is 0 Å². The van der Waals surface area contributed by atoms with Crippen LogP contribution in [-0.4, -0.2) is 19.2 Å². The maximum atomic E-state index is 5.47. The number of methoxy groups -OCH3 is 1. The normalized spacial score (nSPS) is 27.6. The molecule has 3 rings (SSSR count). The fourth-order valence-electron chi connectivity index (χ4n) is 3.02. The van der Waals surface area contributed by atoms with Crippen molar-refractivity contribution in [2.24, 2.45) is 0 Å². The lowest BCUT2D eigenvalue weighted by atomic mass is 9.80. The summed E-state index contributed by atoms with van der Waals surface area (Å²) in [6.07, 6.45) is 5.13. The Bertz CT molecular complexity index is 411. The van der Waals surface area contributed by atoms with Crippen LogP contribution in [0.3, 0.4) is 0 Å². The summed E-state index contributed by atoms with van der Waals surface area (Å²) in [5, 5.41) is 3.78. The highest BCUT2D eigenvalue weighted by atomic mass is 16.5. The third-order valence-electron chi connectivity index (χ3n) is 4.22. The van der Waals surface area contributed by atoms with E-state index in [1.54, 1.807) is 7.11 Å². The molecule has 0 heterocycles. The Labute approximate surface area is 103 Å². The van der Waals surface area contributed by atoms with Gasteiger partial charge in [0.1, 0.15) is 5.75 Å². The third kappa shape index (κ3) is 2.06. The van der Waals surface area contributed by atoms with Gasteiger partial charge in [-0.2, -0.15) is 0 Å². The van der Waals surface area contributed by atoms with Crippen LogP contribution in [0.2, 0.25) is 0 Å². The van der Waals surface area contributed by atoms with E-state index in [4.69, 9.17) is 4.74 Å². The van der Waals surface area contributed by atoms with Gasteiger partial charge in [0.15, 0.2) is 0 Å². The van der Waals surface area contributed by atoms with Gasteiger partial charge in [-0.05, 0) is 48.8 Å². The van der Waals surface area contributed by atoms with Crippen LogP contribution in [0.25, 0.3) is 0 Å². The van der Waals surface area contributed by atoms with Gasteiger partial charge in [0, 0.05) is 12.1 Å². The van der Waals surface area contributed by atoms with E-state index in [1.165, 1.54) is 30.4 Å². The van der Waals surface area contributed by atoms with Crippen molar-refractivity contribution in [1.29, 1.82) is 0 Å². The number of hydrogen-bond acceptors (Lipinski definition) is 2. The standard InChI is InChI=1S/C15H21NO/c1-10-12-4-3-5-15(17-2)13(12)8-9-14(10)16-11-6-7-11/h3-5,10-11,14,16H,6-9H2,1-2H3/t10-,14+/m1/s1. The zero-order valence-corrected chi connectivity index (χ0v) is 10.7. The van der Waals surface area contributed by atoms with E-state index in [1.807, 2.05) is 0 Å². The summed E-state index contributed by atoms with van der Waals surface area (Å²) in [6.45, 7) is 2.34. The molecule has 92 valence electrons. The molecule has 17 heavy (non-hydrogen) atoms. The number of nitrogens with one attached hydrogen (secondary N) is 1. The van der Waals surface area contributed by atoms with Crippen LogP contribution in [-0.2, 0) is 6.42 Å². The minimum atomic E-state index is 0.606. The van der Waals surface area contributed by atoms with Crippen LogP contribution in [0.4, 0.5) is 0 Å². The highest BCUT2D eigenvalue weighted by Crippen LogP contribution is 2.37. The summed E-state index contributed by atoms with van der Waals surface area (Å²) in [7, 11) is 1.77. The summed E-state index contributed by atoms with van der Waals surface area (Å²) in [5.74, 6) is 1.67. The maximum absolute atomic E-state index is 5.47. The zero-order chi connectivity index (χ0) is 11.8. The monoisotopic (exact) mass is 231 g/mol. The van der Waals surface area contributed by atoms with Gasteiger partial charge in [0.25, 0.3) is 0 Å². The van der Waals surface area contributed by atoms with E-state index in [0.717, 1.165) is 18.2 Å². The Hall–Kier alpha value is -1.02. The molecule has 0 aromatic heterocycles. The first kappa shape index (κ1) is 11.1. The van der Waals surface area contributed by atoms with E-state index in [0.29, 0.717) is 12.0 Å². The van der Waals surface area contributed by atoms with Crippen LogP contribution in [0.5, 0.6) is 5.75 Å². The maximum Gasteiger partial charge on any atom is 0.122 e. The fraction of sp³-hybridized carbons (Fsp3) is 0.600. The number of rotatable bonds is 3. The molecule has 0 saturated heterocycles. The number of hydrogen-bond donors (Lipinski definition) is 1. The van der Waals surface area contributed by atoms with Crippen molar-refractivity contribution in [3.63, 3.8) is 0 Å². The summed E-state index contributed by atoms with van der Waals surface area (Å²) in [5.41, 5.74) is 2.91. The van der Waals surface area contributed by atoms with E-state index in [2.05, 4.69) is 30.4 Å². The SMILES string of the molecule is COc1cccc2c1CC[C@H](NC1CC1)[C@@H]2C. The topological polar surface area (TPSA) is 21.3 Å². The molecule has 2 aliphatic rings. The molecule has 1 N–H and O–H groups in total. The minimum Gasteiger partial charge on any atom is -0.496 e. The van der Waals surface area contributed by atoms with Crippen molar-refractivity contribution >= 4 is 0 Å². The first-order valence-corrected chi connectivity index (χ1v) is 6.71. The average Bonchev–Trinajstić information content (AvgIpc) is 3.16. The molecule has 0 bridgehead atoms. The molecular formula is C15H21NO. The Morgan fingerprint density at radius 2 is 2.06 bits per heavy atom. The lowest BCUT2D eigenvalue weighted by molar-refractivity contribution is 0.377. The van der Waals surface area contributed by atoms with Gasteiger partial charge in [0.2, 0.25) is 0 Å². The Morgan fingerprint density at radius 3 is 2.76 bits per heavy atom. The van der Waals surface area contributed by atoms with E-state index in [9.17, 15) is 0 Å². The molecule has 0 radical (unpaired) electrons. The number of fused-ring (bicyclic) bond motifs is 1. The van der Waals surface area contributed by atoms with Crippen molar-refractivity contribution in [2.45, 2.75) is 50.6 Å². The second-order valence-corrected chi connectivity index (χ2v) is 5.40. The Morgan fingerprint density at radius 1 is 1.24 bits per heavy atom. The summed E-state index contributed by atoms with van der Waals surface area (Å²) < 4.78 is 5.47. The fourth-order valence-corrected chi connectivity index (χ4v) is 3.02. The highest BCUT2D eigenvalue weighted by molar-refractivity contribution is 5.44.